The van der Waals surface area contributed by atoms with Gasteiger partial charge in [-0.3, -0.25) is 0 Å². The number of hydrogen-bond donors (Lipinski definition) is 2. The lowest BCUT2D eigenvalue weighted by atomic mass is 10.1. The monoisotopic (exact) mass is 429 g/mol. The second-order valence-corrected chi connectivity index (χ2v) is 7.54. The Kier molecular flexibility index (Phi) is 10.4. The third-order valence-electron chi connectivity index (χ3n) is 4.85. The number of nitrogens with zero attached hydrogens (tertiary/aromatic N) is 3. The van der Waals surface area contributed by atoms with Gasteiger partial charge in [-0.15, -0.1) is 0 Å². The molecule has 0 saturated carbocycles. The molecule has 1 aromatic carbocycles. The van der Waals surface area contributed by atoms with Crippen LogP contribution in [0.1, 0.15) is 24.5 Å². The molecular weight excluding hydrogens is 395 g/mol. The maximum atomic E-state index is 12.1. The minimum Gasteiger partial charge on any atom is -0.367 e. The summed E-state index contributed by atoms with van der Waals surface area (Å²) < 4.78 is 41.1. The molecule has 0 spiro atoms. The minimum absolute atomic E-state index is 0.0560. The maximum absolute atomic E-state index is 12.1. The fourth-order valence-corrected chi connectivity index (χ4v) is 3.19. The molecule has 170 valence electrons. The summed E-state index contributed by atoms with van der Waals surface area (Å²) in [5.41, 5.74) is 1.70. The molecule has 0 aromatic heterocycles. The molecule has 1 heterocycles. The number of likely N-dealkylation sites (N-methyl/N-ethyl adjacent to an activating group) is 1. The van der Waals surface area contributed by atoms with Crippen molar-refractivity contribution < 1.29 is 17.9 Å². The lowest BCUT2D eigenvalue weighted by molar-refractivity contribution is -0.176. The Labute approximate surface area is 177 Å². The van der Waals surface area contributed by atoms with Crippen molar-refractivity contribution in [1.82, 2.24) is 20.4 Å². The van der Waals surface area contributed by atoms with Crippen LogP contribution in [0, 0.1) is 0 Å². The van der Waals surface area contributed by atoms with Crippen molar-refractivity contribution in [3.63, 3.8) is 0 Å². The molecule has 1 saturated heterocycles. The zero-order chi connectivity index (χ0) is 21.8. The average Bonchev–Trinajstić information content (AvgIpc) is 2.90. The Morgan fingerprint density at radius 3 is 2.50 bits per heavy atom. The first kappa shape index (κ1) is 24.4. The summed E-state index contributed by atoms with van der Waals surface area (Å²) in [7, 11) is 2.17. The molecule has 0 unspecified atom stereocenters. The van der Waals surface area contributed by atoms with Crippen LogP contribution in [0.2, 0.25) is 0 Å². The highest BCUT2D eigenvalue weighted by atomic mass is 19.4. The van der Waals surface area contributed by atoms with Gasteiger partial charge in [0.05, 0.1) is 13.2 Å². The highest BCUT2D eigenvalue weighted by Crippen LogP contribution is 2.16. The number of nitrogens with one attached hydrogen (secondary N) is 2. The summed E-state index contributed by atoms with van der Waals surface area (Å²) in [4.78, 5) is 9.45. The molecule has 0 atom stereocenters. The van der Waals surface area contributed by atoms with E-state index in [4.69, 9.17) is 0 Å². The lowest BCUT2D eigenvalue weighted by Crippen LogP contribution is -2.42. The molecule has 6 nitrogen and oxygen atoms in total. The van der Waals surface area contributed by atoms with E-state index in [9.17, 15) is 13.2 Å². The number of benzene rings is 1. The molecule has 9 heteroatoms. The fraction of sp³-hybridized carbons (Fsp3) is 0.667. The summed E-state index contributed by atoms with van der Waals surface area (Å²) in [6, 6.07) is 7.29. The van der Waals surface area contributed by atoms with E-state index < -0.39 is 12.8 Å². The largest absolute Gasteiger partial charge is 0.411 e. The molecule has 0 amide bonds. The summed E-state index contributed by atoms with van der Waals surface area (Å²) in [5.74, 6) is 0.766. The molecule has 0 radical (unpaired) electrons. The van der Waals surface area contributed by atoms with Gasteiger partial charge in [0.2, 0.25) is 0 Å². The van der Waals surface area contributed by atoms with Crippen molar-refractivity contribution in [3.05, 3.63) is 35.4 Å². The van der Waals surface area contributed by atoms with Gasteiger partial charge in [0, 0.05) is 32.7 Å². The fourth-order valence-electron chi connectivity index (χ4n) is 3.19. The zero-order valence-corrected chi connectivity index (χ0v) is 18.0. The number of rotatable bonds is 9. The third kappa shape index (κ3) is 10.3. The van der Waals surface area contributed by atoms with Crippen LogP contribution in [0.15, 0.2) is 29.3 Å². The molecule has 0 aliphatic carbocycles. The first-order chi connectivity index (χ1) is 14.4. The van der Waals surface area contributed by atoms with Crippen LogP contribution in [0.4, 0.5) is 13.2 Å². The van der Waals surface area contributed by atoms with Crippen molar-refractivity contribution in [3.8, 4) is 0 Å². The van der Waals surface area contributed by atoms with Gasteiger partial charge in [-0.05, 0) is 44.6 Å². The average molecular weight is 430 g/mol. The molecule has 1 aromatic rings. The predicted molar refractivity (Wildman–Crippen MR) is 114 cm³/mol. The van der Waals surface area contributed by atoms with E-state index in [-0.39, 0.29) is 6.61 Å². The van der Waals surface area contributed by atoms with E-state index in [0.717, 1.165) is 57.3 Å². The van der Waals surface area contributed by atoms with Gasteiger partial charge in [-0.25, -0.2) is 4.99 Å². The van der Waals surface area contributed by atoms with Gasteiger partial charge in [0.1, 0.15) is 6.61 Å². The van der Waals surface area contributed by atoms with Crippen LogP contribution >= 0.6 is 0 Å². The van der Waals surface area contributed by atoms with E-state index in [1.165, 1.54) is 6.42 Å². The minimum atomic E-state index is -4.30. The van der Waals surface area contributed by atoms with Crippen LogP contribution in [0.25, 0.3) is 0 Å². The summed E-state index contributed by atoms with van der Waals surface area (Å²) in [6.07, 6.45) is -3.10. The number of alkyl halides is 3. The SMILES string of the molecule is CCNC(=NCc1ccc(COCC(F)(F)F)cc1)NCCN1CCCN(C)CC1. The van der Waals surface area contributed by atoms with Gasteiger partial charge >= 0.3 is 6.18 Å². The van der Waals surface area contributed by atoms with Crippen molar-refractivity contribution in [2.24, 2.45) is 4.99 Å². The summed E-state index contributed by atoms with van der Waals surface area (Å²) in [5, 5.41) is 6.63. The molecule has 1 aliphatic heterocycles. The van der Waals surface area contributed by atoms with Crippen LogP contribution < -0.4 is 10.6 Å². The highest BCUT2D eigenvalue weighted by molar-refractivity contribution is 5.79. The standard InChI is InChI=1S/C21H34F3N5O/c1-3-25-20(26-9-12-29-11-4-10-28(2)13-14-29)27-15-18-5-7-19(8-6-18)16-30-17-21(22,23)24/h5-8H,3-4,9-17H2,1-2H3,(H2,25,26,27). The molecule has 0 bridgehead atoms. The van der Waals surface area contributed by atoms with Crippen LogP contribution in [0.3, 0.4) is 0 Å². The topological polar surface area (TPSA) is 52.1 Å². The zero-order valence-electron chi connectivity index (χ0n) is 18.0. The normalized spacial score (nSPS) is 17.0. The Balaban J connectivity index is 1.76. The van der Waals surface area contributed by atoms with E-state index in [1.54, 1.807) is 12.1 Å². The number of guanidine groups is 1. The van der Waals surface area contributed by atoms with Crippen molar-refractivity contribution in [1.29, 1.82) is 0 Å². The van der Waals surface area contributed by atoms with Crippen molar-refractivity contribution >= 4 is 5.96 Å². The quantitative estimate of drug-likeness (QED) is 0.467. The first-order valence-corrected chi connectivity index (χ1v) is 10.5. The number of hydrogen-bond acceptors (Lipinski definition) is 4. The third-order valence-corrected chi connectivity index (χ3v) is 4.85. The first-order valence-electron chi connectivity index (χ1n) is 10.5. The van der Waals surface area contributed by atoms with Gasteiger partial charge in [-0.1, -0.05) is 24.3 Å². The Bertz CT molecular complexity index is 637. The van der Waals surface area contributed by atoms with E-state index in [1.807, 2.05) is 19.1 Å². The van der Waals surface area contributed by atoms with Crippen LogP contribution in [-0.4, -0.2) is 81.4 Å². The van der Waals surface area contributed by atoms with Gasteiger partial charge in [-0.2, -0.15) is 13.2 Å². The molecule has 2 rings (SSSR count). The molecule has 30 heavy (non-hydrogen) atoms. The number of halogens is 3. The summed E-state index contributed by atoms with van der Waals surface area (Å²) in [6.45, 7) is 8.28. The number of aliphatic imine (C=N–C) groups is 1. The smallest absolute Gasteiger partial charge is 0.367 e. The van der Waals surface area contributed by atoms with E-state index in [2.05, 4.69) is 37.2 Å². The molecule has 2 N–H and O–H groups in total. The van der Waals surface area contributed by atoms with Crippen LogP contribution in [0.5, 0.6) is 0 Å². The second-order valence-electron chi connectivity index (χ2n) is 7.54. The predicted octanol–water partition coefficient (Wildman–Crippen LogP) is 2.46. The maximum Gasteiger partial charge on any atom is 0.411 e. The number of ether oxygens (including phenoxy) is 1. The molecular formula is C21H34F3N5O. The van der Waals surface area contributed by atoms with Gasteiger partial charge in [0.25, 0.3) is 0 Å². The van der Waals surface area contributed by atoms with E-state index >= 15 is 0 Å². The van der Waals surface area contributed by atoms with Gasteiger partial charge in [0.15, 0.2) is 5.96 Å². The summed E-state index contributed by atoms with van der Waals surface area (Å²) >= 11 is 0. The Hall–Kier alpha value is -1.84. The van der Waals surface area contributed by atoms with Crippen molar-refractivity contribution in [2.45, 2.75) is 32.7 Å². The Morgan fingerprint density at radius 2 is 1.80 bits per heavy atom. The lowest BCUT2D eigenvalue weighted by Gasteiger charge is -2.21. The molecule has 1 fully saturated rings. The molecule has 1 aliphatic rings. The van der Waals surface area contributed by atoms with E-state index in [0.29, 0.717) is 12.1 Å². The second kappa shape index (κ2) is 12.8. The van der Waals surface area contributed by atoms with Crippen molar-refractivity contribution in [2.75, 3.05) is 59.5 Å². The highest BCUT2D eigenvalue weighted by Gasteiger charge is 2.27. The van der Waals surface area contributed by atoms with Crippen LogP contribution in [-0.2, 0) is 17.9 Å². The van der Waals surface area contributed by atoms with Gasteiger partial charge < -0.3 is 25.2 Å². The Morgan fingerprint density at radius 1 is 1.07 bits per heavy atom.